The number of aromatic nitrogens is 3. The van der Waals surface area contributed by atoms with Crippen molar-refractivity contribution in [1.29, 1.82) is 0 Å². The Balaban J connectivity index is 1.95. The van der Waals surface area contributed by atoms with Crippen molar-refractivity contribution in [3.05, 3.63) is 12.2 Å². The Labute approximate surface area is 84.7 Å². The molecule has 1 unspecified atom stereocenters. The molecule has 0 amide bonds. The van der Waals surface area contributed by atoms with E-state index in [1.54, 1.807) is 0 Å². The fourth-order valence-electron chi connectivity index (χ4n) is 2.06. The predicted molar refractivity (Wildman–Crippen MR) is 55.0 cm³/mol. The summed E-state index contributed by atoms with van der Waals surface area (Å²) >= 11 is 0. The lowest BCUT2D eigenvalue weighted by Gasteiger charge is -2.23. The molecule has 4 heteroatoms. The summed E-state index contributed by atoms with van der Waals surface area (Å²) < 4.78 is 2.19. The van der Waals surface area contributed by atoms with Gasteiger partial charge in [-0.05, 0) is 31.8 Å². The molecule has 2 rings (SSSR count). The number of nitrogens with zero attached hydrogens (tertiary/aromatic N) is 3. The van der Waals surface area contributed by atoms with Gasteiger partial charge in [0.05, 0.1) is 0 Å². The first kappa shape index (κ1) is 9.65. The molecule has 0 bridgehead atoms. The highest BCUT2D eigenvalue weighted by atomic mass is 15.3. The largest absolute Gasteiger partial charge is 0.317 e. The molecule has 1 saturated heterocycles. The van der Waals surface area contributed by atoms with Crippen LogP contribution in [-0.4, -0.2) is 27.9 Å². The van der Waals surface area contributed by atoms with E-state index in [1.165, 1.54) is 19.4 Å². The van der Waals surface area contributed by atoms with E-state index in [2.05, 4.69) is 27.0 Å². The maximum atomic E-state index is 4.09. The van der Waals surface area contributed by atoms with E-state index in [0.29, 0.717) is 0 Å². The van der Waals surface area contributed by atoms with E-state index in [9.17, 15) is 0 Å². The number of piperidine rings is 1. The molecule has 0 radical (unpaired) electrons. The predicted octanol–water partition coefficient (Wildman–Crippen LogP) is 0.840. The van der Waals surface area contributed by atoms with Crippen molar-refractivity contribution in [1.82, 2.24) is 20.1 Å². The summed E-state index contributed by atoms with van der Waals surface area (Å²) in [4.78, 5) is 0. The monoisotopic (exact) mass is 194 g/mol. The van der Waals surface area contributed by atoms with E-state index < -0.39 is 0 Å². The van der Waals surface area contributed by atoms with Crippen LogP contribution in [0.25, 0.3) is 0 Å². The van der Waals surface area contributed by atoms with Gasteiger partial charge in [0.2, 0.25) is 0 Å². The Morgan fingerprint density at radius 1 is 1.64 bits per heavy atom. The number of aryl methyl sites for hydroxylation is 1. The molecule has 1 fully saturated rings. The number of hydrogen-bond donors (Lipinski definition) is 1. The van der Waals surface area contributed by atoms with Crippen LogP contribution in [0.15, 0.2) is 6.33 Å². The van der Waals surface area contributed by atoms with Gasteiger partial charge in [0.1, 0.15) is 12.2 Å². The normalized spacial score (nSPS) is 22.5. The average molecular weight is 194 g/mol. The molecule has 0 aliphatic carbocycles. The molecule has 78 valence electrons. The van der Waals surface area contributed by atoms with Crippen LogP contribution in [0.2, 0.25) is 0 Å². The van der Waals surface area contributed by atoms with Gasteiger partial charge in [-0.25, -0.2) is 0 Å². The van der Waals surface area contributed by atoms with Gasteiger partial charge in [0.15, 0.2) is 0 Å². The fraction of sp³-hybridized carbons (Fsp3) is 0.800. The molecule has 1 aliphatic heterocycles. The standard InChI is InChI=1S/C10H18N4/c1-2-10-13-12-8-14(10)7-9-4-3-5-11-6-9/h8-9,11H,2-7H2,1H3. The number of hydrogen-bond acceptors (Lipinski definition) is 3. The minimum Gasteiger partial charge on any atom is -0.317 e. The van der Waals surface area contributed by atoms with Gasteiger partial charge in [-0.2, -0.15) is 0 Å². The van der Waals surface area contributed by atoms with Crippen molar-refractivity contribution < 1.29 is 0 Å². The van der Waals surface area contributed by atoms with Gasteiger partial charge in [-0.15, -0.1) is 10.2 Å². The highest BCUT2D eigenvalue weighted by molar-refractivity contribution is 4.85. The lowest BCUT2D eigenvalue weighted by molar-refractivity contribution is 0.333. The zero-order valence-corrected chi connectivity index (χ0v) is 8.74. The summed E-state index contributed by atoms with van der Waals surface area (Å²) in [5.74, 6) is 1.86. The third kappa shape index (κ3) is 2.12. The minimum atomic E-state index is 0.755. The third-order valence-corrected chi connectivity index (χ3v) is 2.87. The second-order valence-corrected chi connectivity index (χ2v) is 3.97. The first-order valence-corrected chi connectivity index (χ1v) is 5.47. The Morgan fingerprint density at radius 2 is 2.57 bits per heavy atom. The molecule has 2 heterocycles. The Hall–Kier alpha value is -0.900. The highest BCUT2D eigenvalue weighted by Gasteiger charge is 2.14. The van der Waals surface area contributed by atoms with Gasteiger partial charge in [-0.3, -0.25) is 0 Å². The lowest BCUT2D eigenvalue weighted by Crippen LogP contribution is -2.32. The molecule has 1 N–H and O–H groups in total. The fourth-order valence-corrected chi connectivity index (χ4v) is 2.06. The van der Waals surface area contributed by atoms with Crippen molar-refractivity contribution in [2.45, 2.75) is 32.7 Å². The van der Waals surface area contributed by atoms with Crippen molar-refractivity contribution in [2.75, 3.05) is 13.1 Å². The minimum absolute atomic E-state index is 0.755. The van der Waals surface area contributed by atoms with Crippen molar-refractivity contribution in [2.24, 2.45) is 5.92 Å². The molecular weight excluding hydrogens is 176 g/mol. The van der Waals surface area contributed by atoms with Gasteiger partial charge in [0.25, 0.3) is 0 Å². The van der Waals surface area contributed by atoms with Crippen LogP contribution >= 0.6 is 0 Å². The molecule has 1 aliphatic rings. The van der Waals surface area contributed by atoms with E-state index in [1.807, 2.05) is 6.33 Å². The number of rotatable bonds is 3. The zero-order valence-electron chi connectivity index (χ0n) is 8.74. The summed E-state index contributed by atoms with van der Waals surface area (Å²) in [5.41, 5.74) is 0. The second-order valence-electron chi connectivity index (χ2n) is 3.97. The Bertz CT molecular complexity index is 275. The maximum Gasteiger partial charge on any atom is 0.132 e. The molecule has 1 aromatic heterocycles. The Kier molecular flexibility index (Phi) is 3.14. The van der Waals surface area contributed by atoms with E-state index in [0.717, 1.165) is 31.3 Å². The van der Waals surface area contributed by atoms with Crippen LogP contribution in [0.1, 0.15) is 25.6 Å². The van der Waals surface area contributed by atoms with Gasteiger partial charge < -0.3 is 9.88 Å². The smallest absolute Gasteiger partial charge is 0.132 e. The van der Waals surface area contributed by atoms with Crippen LogP contribution in [0.3, 0.4) is 0 Å². The topological polar surface area (TPSA) is 42.7 Å². The molecule has 1 atom stereocenters. The summed E-state index contributed by atoms with van der Waals surface area (Å²) in [6, 6.07) is 0. The molecular formula is C10H18N4. The first-order chi connectivity index (χ1) is 6.90. The molecule has 0 saturated carbocycles. The maximum absolute atomic E-state index is 4.09. The van der Waals surface area contributed by atoms with Gasteiger partial charge >= 0.3 is 0 Å². The van der Waals surface area contributed by atoms with E-state index >= 15 is 0 Å². The first-order valence-electron chi connectivity index (χ1n) is 5.47. The van der Waals surface area contributed by atoms with Crippen LogP contribution in [0.4, 0.5) is 0 Å². The third-order valence-electron chi connectivity index (χ3n) is 2.87. The zero-order chi connectivity index (χ0) is 9.80. The molecule has 1 aromatic rings. The van der Waals surface area contributed by atoms with Crippen molar-refractivity contribution in [3.63, 3.8) is 0 Å². The number of nitrogens with one attached hydrogen (secondary N) is 1. The summed E-state index contributed by atoms with van der Waals surface area (Å²) in [6.07, 6.45) is 5.45. The average Bonchev–Trinajstić information content (AvgIpc) is 2.67. The SMILES string of the molecule is CCc1nncn1CC1CCCNC1. The van der Waals surface area contributed by atoms with Gasteiger partial charge in [-0.1, -0.05) is 6.92 Å². The van der Waals surface area contributed by atoms with Crippen molar-refractivity contribution in [3.8, 4) is 0 Å². The molecule has 14 heavy (non-hydrogen) atoms. The lowest BCUT2D eigenvalue weighted by atomic mass is 10.00. The summed E-state index contributed by atoms with van der Waals surface area (Å²) in [5, 5.41) is 11.5. The van der Waals surface area contributed by atoms with Crippen molar-refractivity contribution >= 4 is 0 Å². The van der Waals surface area contributed by atoms with Crippen LogP contribution in [0.5, 0.6) is 0 Å². The summed E-state index contributed by atoms with van der Waals surface area (Å²) in [7, 11) is 0. The molecule has 0 spiro atoms. The van der Waals surface area contributed by atoms with Gasteiger partial charge in [0, 0.05) is 13.0 Å². The summed E-state index contributed by atoms with van der Waals surface area (Å²) in [6.45, 7) is 5.52. The van der Waals surface area contributed by atoms with Crippen LogP contribution in [0, 0.1) is 5.92 Å². The molecule has 0 aromatic carbocycles. The second kappa shape index (κ2) is 4.55. The Morgan fingerprint density at radius 3 is 3.29 bits per heavy atom. The molecule has 4 nitrogen and oxygen atoms in total. The quantitative estimate of drug-likeness (QED) is 0.775. The van der Waals surface area contributed by atoms with E-state index in [-0.39, 0.29) is 0 Å². The van der Waals surface area contributed by atoms with Crippen LogP contribution in [-0.2, 0) is 13.0 Å². The highest BCUT2D eigenvalue weighted by Crippen LogP contribution is 2.13. The van der Waals surface area contributed by atoms with Crippen LogP contribution < -0.4 is 5.32 Å². The van der Waals surface area contributed by atoms with E-state index in [4.69, 9.17) is 0 Å².